The molecule has 26 nitrogen and oxygen atoms in total. The number of fused-ring (bicyclic) bond motifs is 2. The monoisotopic (exact) mass is 1360 g/mol. The summed E-state index contributed by atoms with van der Waals surface area (Å²) in [7, 11) is 3.13. The molecule has 2 unspecified atom stereocenters. The summed E-state index contributed by atoms with van der Waals surface area (Å²) in [5.41, 5.74) is 11.1. The number of nitrogens with two attached hydrogens (primary N) is 1. The number of pyridine rings is 1. The van der Waals surface area contributed by atoms with Crippen molar-refractivity contribution in [3.63, 3.8) is 0 Å². The highest BCUT2D eigenvalue weighted by Gasteiger charge is 2.66. The smallest absolute Gasteiger partial charge is 0.410 e. The van der Waals surface area contributed by atoms with Gasteiger partial charge in [0.1, 0.15) is 42.5 Å². The lowest BCUT2D eigenvalue weighted by molar-refractivity contribution is -0.248. The number of carboxylic acids is 2. The lowest BCUT2D eigenvalue weighted by atomic mass is 9.39. The highest BCUT2D eigenvalue weighted by atomic mass is 32.1. The van der Waals surface area contributed by atoms with Gasteiger partial charge in [0.2, 0.25) is 11.8 Å². The average molecular weight is 1360 g/mol. The quantitative estimate of drug-likeness (QED) is 0.0261. The molecule has 12 rings (SSSR count). The average Bonchev–Trinajstić information content (AvgIpc) is 0.760. The molecule has 10 N–H and O–H groups in total. The molecule has 4 bridgehead atoms. The van der Waals surface area contributed by atoms with E-state index in [0.29, 0.717) is 69.7 Å². The molecule has 27 heteroatoms. The first-order valence-electron chi connectivity index (χ1n) is 33.0. The molecule has 3 aromatic heterocycles. The summed E-state index contributed by atoms with van der Waals surface area (Å²) in [5.74, 6) is -3.13. The van der Waals surface area contributed by atoms with Crippen LogP contribution in [0.4, 0.5) is 21.4 Å². The number of amides is 4. The van der Waals surface area contributed by atoms with E-state index in [0.717, 1.165) is 65.6 Å². The maximum Gasteiger partial charge on any atom is 0.410 e. The summed E-state index contributed by atoms with van der Waals surface area (Å²) in [6, 6.07) is 17.9. The van der Waals surface area contributed by atoms with Crippen LogP contribution in [0.25, 0.3) is 21.3 Å². The van der Waals surface area contributed by atoms with Crippen molar-refractivity contribution in [3.05, 3.63) is 112 Å². The molecule has 6 aliphatic rings. The molecule has 5 heterocycles. The minimum absolute atomic E-state index is 0.0538. The fourth-order valence-electron chi connectivity index (χ4n) is 16.5. The van der Waals surface area contributed by atoms with E-state index < -0.39 is 78.1 Å². The van der Waals surface area contributed by atoms with Gasteiger partial charge in [-0.25, -0.2) is 24.4 Å². The van der Waals surface area contributed by atoms with Gasteiger partial charge in [-0.15, -0.1) is 0 Å². The van der Waals surface area contributed by atoms with Crippen LogP contribution in [0.2, 0.25) is 0 Å². The number of para-hydroxylation sites is 1. The predicted octanol–water partition coefficient (Wildman–Crippen LogP) is 7.10. The standard InChI is InChI=1S/C70H88N10O16S/c1-38(2)54(71)62(86)73-39(3)60(84)74-43-15-13-42(41(27-43)14-18-51-56(81)57(82)58(83)59(96-51)64(89)90)30-94-66(91)78(23-25-92-7)24-26-95-70-34-67(5)31-68(6,35-70)33-69(32-67,36-70)37-80-40(4)47(28-72-80)45-17-20-53(76-55(45)63(87)88)79-22-21-44-48(29-79)46(16-19-50(44)93-8)61(85)77-65-75-49-11-9-10-12-52(49)97-65/h9-13,15-17,19-20,27-28,38-39,51,54,56-59,81-83H,14,18,21-26,29-37,71H2,1-8H3,(H,73,86)(H,74,84)(H,87,88)(H,89,90)(H,75,77,85)/t39-,51-,54-,56-,57+,58-,59-,67?,68?,69?,70?/m0/s1. The highest BCUT2D eigenvalue weighted by Crippen LogP contribution is 2.72. The maximum absolute atomic E-state index is 14.2. The van der Waals surface area contributed by atoms with Crippen LogP contribution >= 0.6 is 11.3 Å². The van der Waals surface area contributed by atoms with Crippen molar-refractivity contribution in [3.8, 4) is 16.9 Å². The third-order valence-electron chi connectivity index (χ3n) is 20.1. The normalized spacial score (nSPS) is 25.5. The van der Waals surface area contributed by atoms with E-state index in [4.69, 9.17) is 39.5 Å². The number of hydrogen-bond acceptors (Lipinski definition) is 20. The lowest BCUT2D eigenvalue weighted by Crippen LogP contribution is -2.64. The van der Waals surface area contributed by atoms with Crippen molar-refractivity contribution in [2.75, 3.05) is 62.6 Å². The number of aromatic nitrogens is 4. The Labute approximate surface area is 566 Å². The Morgan fingerprint density at radius 2 is 1.57 bits per heavy atom. The lowest BCUT2D eigenvalue weighted by Gasteiger charge is -2.69. The number of thiazole rings is 1. The fourth-order valence-corrected chi connectivity index (χ4v) is 17.3. The van der Waals surface area contributed by atoms with Gasteiger partial charge >= 0.3 is 18.0 Å². The second kappa shape index (κ2) is 28.4. The Morgan fingerprint density at radius 3 is 2.27 bits per heavy atom. The number of nitrogens with zero attached hydrogens (tertiary/aromatic N) is 6. The van der Waals surface area contributed by atoms with E-state index in [-0.39, 0.29) is 86.1 Å². The fraction of sp³-hybridized carbons (Fsp3) is 0.529. The van der Waals surface area contributed by atoms with E-state index in [1.807, 2.05) is 46.8 Å². The van der Waals surface area contributed by atoms with Crippen LogP contribution in [0.1, 0.15) is 128 Å². The molecule has 4 saturated carbocycles. The number of hydrogen-bond donors (Lipinski definition) is 9. The molecule has 4 amide bonds. The molecule has 0 radical (unpaired) electrons. The molecular formula is C70H88N10O16S. The molecule has 5 fully saturated rings. The zero-order valence-corrected chi connectivity index (χ0v) is 56.8. The maximum atomic E-state index is 14.2. The molecule has 520 valence electrons. The largest absolute Gasteiger partial charge is 0.496 e. The van der Waals surface area contributed by atoms with Gasteiger partial charge < -0.3 is 75.4 Å². The number of aryl methyl sites for hydroxylation is 1. The number of aromatic carboxylic acids is 1. The number of aliphatic carboxylic acids is 1. The first-order valence-corrected chi connectivity index (χ1v) is 33.8. The summed E-state index contributed by atoms with van der Waals surface area (Å²) < 4.78 is 32.9. The van der Waals surface area contributed by atoms with E-state index in [9.17, 15) is 54.3 Å². The van der Waals surface area contributed by atoms with Crippen molar-refractivity contribution in [1.29, 1.82) is 0 Å². The van der Waals surface area contributed by atoms with Crippen LogP contribution < -0.4 is 31.3 Å². The van der Waals surface area contributed by atoms with Gasteiger partial charge in [-0.1, -0.05) is 57.2 Å². The van der Waals surface area contributed by atoms with Crippen LogP contribution in [0.15, 0.2) is 72.9 Å². The van der Waals surface area contributed by atoms with Crippen molar-refractivity contribution in [2.45, 2.75) is 167 Å². The second-order valence-electron chi connectivity index (χ2n) is 28.2. The number of nitrogens with one attached hydrogen (secondary N) is 3. The van der Waals surface area contributed by atoms with Gasteiger partial charge in [-0.3, -0.25) is 24.4 Å². The van der Waals surface area contributed by atoms with Crippen molar-refractivity contribution in [2.24, 2.45) is 27.9 Å². The summed E-state index contributed by atoms with van der Waals surface area (Å²) >= 11 is 1.39. The topological polar surface area (TPSA) is 362 Å². The van der Waals surface area contributed by atoms with Crippen LogP contribution in [0.3, 0.4) is 0 Å². The third kappa shape index (κ3) is 15.0. The van der Waals surface area contributed by atoms with Gasteiger partial charge in [0.25, 0.3) is 5.91 Å². The zero-order valence-electron chi connectivity index (χ0n) is 56.0. The minimum atomic E-state index is -1.88. The Kier molecular flexibility index (Phi) is 20.5. The van der Waals surface area contributed by atoms with Gasteiger partial charge in [0, 0.05) is 73.5 Å². The number of benzene rings is 3. The third-order valence-corrected chi connectivity index (χ3v) is 21.1. The summed E-state index contributed by atoms with van der Waals surface area (Å²) in [5, 5.41) is 66.2. The van der Waals surface area contributed by atoms with Crippen LogP contribution in [0, 0.1) is 29.1 Å². The number of methoxy groups -OCH3 is 2. The molecule has 2 aliphatic heterocycles. The predicted molar refractivity (Wildman–Crippen MR) is 359 cm³/mol. The highest BCUT2D eigenvalue weighted by molar-refractivity contribution is 7.22. The Balaban J connectivity index is 0.764. The number of aliphatic hydroxyl groups excluding tert-OH is 3. The molecule has 3 aromatic carbocycles. The van der Waals surface area contributed by atoms with Gasteiger partial charge in [0.15, 0.2) is 16.9 Å². The number of anilines is 3. The molecule has 4 aliphatic carbocycles. The molecule has 1 saturated heterocycles. The van der Waals surface area contributed by atoms with E-state index >= 15 is 0 Å². The number of ether oxygens (including phenoxy) is 5. The van der Waals surface area contributed by atoms with Gasteiger partial charge in [-0.2, -0.15) is 5.10 Å². The first-order chi connectivity index (χ1) is 46.1. The molecule has 9 atom stereocenters. The van der Waals surface area contributed by atoms with Crippen LogP contribution in [-0.2, 0) is 65.9 Å². The number of carbonyl (C=O) groups is 6. The van der Waals surface area contributed by atoms with Crippen molar-refractivity contribution >= 4 is 73.9 Å². The number of carboxylic acid groups (broad SMARTS) is 2. The first kappa shape index (κ1) is 70.2. The number of carbonyl (C=O) groups excluding carboxylic acids is 4. The summed E-state index contributed by atoms with van der Waals surface area (Å²) in [6.07, 6.45) is -1.45. The van der Waals surface area contributed by atoms with Gasteiger partial charge in [0.05, 0.1) is 54.5 Å². The Hall–Kier alpha value is -8.15. The Morgan fingerprint density at radius 1 is 0.825 bits per heavy atom. The van der Waals surface area contributed by atoms with E-state index in [1.165, 1.54) is 30.3 Å². The number of aliphatic hydroxyl groups is 3. The van der Waals surface area contributed by atoms with E-state index in [2.05, 4.69) is 34.8 Å². The zero-order chi connectivity index (χ0) is 69.5. The minimum Gasteiger partial charge on any atom is -0.496 e. The molecule has 6 aromatic rings. The SMILES string of the molecule is COCCN(CCOC12CC3(C)CC(C)(CC(Cn4ncc(-c5ccc(N6CCc7c(OC)ccc(C(=O)Nc8nc9ccccc9s8)c7C6)nc5C(=O)O)c4C)(C3)C1)C2)C(=O)OCc1ccc(NC(=O)[C@H](C)NC(=O)[C@@H](N)C(C)C)cc1CC[C@@H]1O[C@H](C(=O)O)[C@@H](O)[C@H](O)[C@H]1O. The summed E-state index contributed by atoms with van der Waals surface area (Å²) in [6.45, 7) is 13.6. The number of rotatable bonds is 26. The second-order valence-corrected chi connectivity index (χ2v) is 29.3. The van der Waals surface area contributed by atoms with Gasteiger partial charge in [-0.05, 0) is 159 Å². The molecular weight excluding hydrogens is 1270 g/mol. The molecule has 97 heavy (non-hydrogen) atoms. The summed E-state index contributed by atoms with van der Waals surface area (Å²) in [4.78, 5) is 92.4. The Bertz CT molecular complexity index is 3920. The van der Waals surface area contributed by atoms with Crippen molar-refractivity contribution in [1.82, 2.24) is 30.0 Å². The van der Waals surface area contributed by atoms with Crippen molar-refractivity contribution < 1.29 is 78.0 Å². The van der Waals surface area contributed by atoms with Crippen LogP contribution in [-0.4, -0.2) is 181 Å². The molecule has 0 spiro atoms. The van der Waals surface area contributed by atoms with E-state index in [1.54, 1.807) is 63.6 Å². The van der Waals surface area contributed by atoms with Crippen LogP contribution in [0.5, 0.6) is 5.75 Å².